The number of anilines is 1. The van der Waals surface area contributed by atoms with Gasteiger partial charge in [-0.05, 0) is 56.4 Å². The summed E-state index contributed by atoms with van der Waals surface area (Å²) in [6.45, 7) is 6.84. The third kappa shape index (κ3) is 3.93. The summed E-state index contributed by atoms with van der Waals surface area (Å²) < 4.78 is 27.6. The van der Waals surface area contributed by atoms with Gasteiger partial charge in [0.05, 0.1) is 4.90 Å². The lowest BCUT2D eigenvalue weighted by atomic mass is 9.97. The zero-order chi connectivity index (χ0) is 20.5. The van der Waals surface area contributed by atoms with Crippen LogP contribution in [0.15, 0.2) is 23.1 Å². The Hall–Kier alpha value is -1.93. The third-order valence-electron chi connectivity index (χ3n) is 5.62. The zero-order valence-corrected chi connectivity index (χ0v) is 17.6. The predicted octanol–water partition coefficient (Wildman–Crippen LogP) is 1.91. The first kappa shape index (κ1) is 20.8. The van der Waals surface area contributed by atoms with Crippen molar-refractivity contribution in [1.82, 2.24) is 9.62 Å². The number of hydrogen-bond acceptors (Lipinski definition) is 4. The third-order valence-corrected chi connectivity index (χ3v) is 7.51. The van der Waals surface area contributed by atoms with E-state index < -0.39 is 10.0 Å². The molecule has 1 aromatic carbocycles. The zero-order valence-electron chi connectivity index (χ0n) is 16.8. The highest BCUT2D eigenvalue weighted by Crippen LogP contribution is 2.35. The van der Waals surface area contributed by atoms with Crippen LogP contribution in [-0.2, 0) is 26.0 Å². The second-order valence-electron chi connectivity index (χ2n) is 7.70. The fraction of sp³-hybridized carbons (Fsp3) is 0.600. The van der Waals surface area contributed by atoms with Crippen molar-refractivity contribution in [2.24, 2.45) is 5.92 Å². The first-order chi connectivity index (χ1) is 13.3. The van der Waals surface area contributed by atoms with E-state index in [2.05, 4.69) is 5.32 Å². The van der Waals surface area contributed by atoms with E-state index in [0.717, 1.165) is 17.7 Å². The van der Waals surface area contributed by atoms with Crippen molar-refractivity contribution in [2.75, 3.05) is 24.5 Å². The van der Waals surface area contributed by atoms with Crippen molar-refractivity contribution in [1.29, 1.82) is 0 Å². The maximum absolute atomic E-state index is 13.1. The molecule has 0 radical (unpaired) electrons. The molecule has 2 aliphatic rings. The number of sulfonamides is 1. The van der Waals surface area contributed by atoms with Gasteiger partial charge in [0.15, 0.2) is 0 Å². The normalized spacial score (nSPS) is 20.8. The standard InChI is InChI=1S/C20H29N3O4S/c1-4-9-21-20(25)16-7-10-22(11-8-16)28(26,27)18-5-6-19-17(13-18)12-14(2)23(19)15(3)24/h5-6,13-14,16H,4,7-12H2,1-3H3,(H,21,25)/t14-/m1/s1. The number of piperidine rings is 1. The first-order valence-corrected chi connectivity index (χ1v) is 11.4. The van der Waals surface area contributed by atoms with Crippen LogP contribution >= 0.6 is 0 Å². The highest BCUT2D eigenvalue weighted by molar-refractivity contribution is 7.89. The number of hydrogen-bond donors (Lipinski definition) is 1. The molecule has 0 bridgehead atoms. The topological polar surface area (TPSA) is 86.8 Å². The minimum absolute atomic E-state index is 0.0229. The lowest BCUT2D eigenvalue weighted by molar-refractivity contribution is -0.126. The van der Waals surface area contributed by atoms with E-state index in [9.17, 15) is 18.0 Å². The maximum Gasteiger partial charge on any atom is 0.243 e. The number of carbonyl (C=O) groups is 2. The minimum atomic E-state index is -3.61. The van der Waals surface area contributed by atoms with Crippen LogP contribution < -0.4 is 10.2 Å². The van der Waals surface area contributed by atoms with Gasteiger partial charge < -0.3 is 10.2 Å². The average molecular weight is 408 g/mol. The van der Waals surface area contributed by atoms with Gasteiger partial charge in [0.1, 0.15) is 0 Å². The molecule has 1 saturated heterocycles. The fourth-order valence-corrected chi connectivity index (χ4v) is 5.67. The van der Waals surface area contributed by atoms with Crippen LogP contribution in [0.3, 0.4) is 0 Å². The SMILES string of the molecule is CCCNC(=O)C1CCN(S(=O)(=O)c2ccc3c(c2)C[C@@H](C)N3C(C)=O)CC1. The van der Waals surface area contributed by atoms with Crippen molar-refractivity contribution in [3.63, 3.8) is 0 Å². The monoisotopic (exact) mass is 407 g/mol. The second-order valence-corrected chi connectivity index (χ2v) is 9.64. The highest BCUT2D eigenvalue weighted by atomic mass is 32.2. The lowest BCUT2D eigenvalue weighted by Crippen LogP contribution is -2.43. The molecule has 1 atom stereocenters. The van der Waals surface area contributed by atoms with E-state index in [0.29, 0.717) is 38.9 Å². The Balaban J connectivity index is 1.72. The van der Waals surface area contributed by atoms with Crippen molar-refractivity contribution >= 4 is 27.5 Å². The second kappa shape index (κ2) is 8.21. The van der Waals surface area contributed by atoms with Gasteiger partial charge in [-0.2, -0.15) is 4.31 Å². The van der Waals surface area contributed by atoms with Crippen molar-refractivity contribution in [3.05, 3.63) is 23.8 Å². The van der Waals surface area contributed by atoms with E-state index in [1.165, 1.54) is 11.2 Å². The molecule has 0 spiro atoms. The van der Waals surface area contributed by atoms with Gasteiger partial charge in [-0.25, -0.2) is 8.42 Å². The summed E-state index contributed by atoms with van der Waals surface area (Å²) in [4.78, 5) is 26.0. The lowest BCUT2D eigenvalue weighted by Gasteiger charge is -2.30. The largest absolute Gasteiger partial charge is 0.356 e. The maximum atomic E-state index is 13.1. The Labute approximate surface area is 167 Å². The number of amides is 2. The molecule has 0 saturated carbocycles. The van der Waals surface area contributed by atoms with E-state index in [-0.39, 0.29) is 28.7 Å². The molecule has 1 aromatic rings. The Bertz CT molecular complexity index is 860. The molecule has 7 nitrogen and oxygen atoms in total. The molecule has 154 valence electrons. The molecule has 2 heterocycles. The first-order valence-electron chi connectivity index (χ1n) is 9.96. The van der Waals surface area contributed by atoms with Crippen LogP contribution in [0.1, 0.15) is 45.6 Å². The number of rotatable bonds is 5. The molecule has 3 rings (SSSR count). The summed E-state index contributed by atoms with van der Waals surface area (Å²) in [5, 5.41) is 2.89. The Morgan fingerprint density at radius 2 is 1.89 bits per heavy atom. The van der Waals surface area contributed by atoms with Crippen LogP contribution in [-0.4, -0.2) is 50.2 Å². The smallest absolute Gasteiger partial charge is 0.243 e. The summed E-state index contributed by atoms with van der Waals surface area (Å²) in [7, 11) is -3.61. The quantitative estimate of drug-likeness (QED) is 0.808. The summed E-state index contributed by atoms with van der Waals surface area (Å²) in [6, 6.07) is 5.05. The van der Waals surface area contributed by atoms with Crippen molar-refractivity contribution in [2.45, 2.75) is 57.4 Å². The van der Waals surface area contributed by atoms with Crippen molar-refractivity contribution < 1.29 is 18.0 Å². The summed E-state index contributed by atoms with van der Waals surface area (Å²) in [6.07, 6.45) is 2.61. The van der Waals surface area contributed by atoms with E-state index in [1.54, 1.807) is 23.1 Å². The van der Waals surface area contributed by atoms with Crippen LogP contribution in [0.2, 0.25) is 0 Å². The van der Waals surface area contributed by atoms with Gasteiger partial charge in [-0.3, -0.25) is 9.59 Å². The molecule has 28 heavy (non-hydrogen) atoms. The van der Waals surface area contributed by atoms with Crippen molar-refractivity contribution in [3.8, 4) is 0 Å². The molecule has 2 amide bonds. The van der Waals surface area contributed by atoms with E-state index in [4.69, 9.17) is 0 Å². The van der Waals surface area contributed by atoms with Crippen LogP contribution in [0.25, 0.3) is 0 Å². The molecule has 0 aliphatic carbocycles. The molecular weight excluding hydrogens is 378 g/mol. The number of benzene rings is 1. The van der Waals surface area contributed by atoms with E-state index >= 15 is 0 Å². The van der Waals surface area contributed by atoms with Gasteiger partial charge in [-0.15, -0.1) is 0 Å². The fourth-order valence-electron chi connectivity index (χ4n) is 4.15. The predicted molar refractivity (Wildman–Crippen MR) is 108 cm³/mol. The summed E-state index contributed by atoms with van der Waals surface area (Å²) in [5.41, 5.74) is 1.68. The van der Waals surface area contributed by atoms with Gasteiger partial charge in [0.25, 0.3) is 0 Å². The van der Waals surface area contributed by atoms with E-state index in [1.807, 2.05) is 13.8 Å². The molecule has 2 aliphatic heterocycles. The number of nitrogens with zero attached hydrogens (tertiary/aromatic N) is 2. The van der Waals surface area contributed by atoms with Crippen LogP contribution in [0.5, 0.6) is 0 Å². The van der Waals surface area contributed by atoms with Gasteiger partial charge in [-0.1, -0.05) is 6.92 Å². The Morgan fingerprint density at radius 1 is 1.21 bits per heavy atom. The Morgan fingerprint density at radius 3 is 2.50 bits per heavy atom. The molecular formula is C20H29N3O4S. The molecule has 1 N–H and O–H groups in total. The average Bonchev–Trinajstić information content (AvgIpc) is 3.01. The highest BCUT2D eigenvalue weighted by Gasteiger charge is 2.34. The van der Waals surface area contributed by atoms with Crippen LogP contribution in [0.4, 0.5) is 5.69 Å². The number of carbonyl (C=O) groups excluding carboxylic acids is 2. The molecule has 1 fully saturated rings. The number of nitrogens with one attached hydrogen (secondary N) is 1. The summed E-state index contributed by atoms with van der Waals surface area (Å²) in [5.74, 6) is -0.136. The molecule has 0 unspecified atom stereocenters. The van der Waals surface area contributed by atoms with Crippen LogP contribution in [0, 0.1) is 5.92 Å². The molecule has 8 heteroatoms. The Kier molecular flexibility index (Phi) is 6.09. The van der Waals surface area contributed by atoms with Gasteiger partial charge >= 0.3 is 0 Å². The molecule has 0 aromatic heterocycles. The van der Waals surface area contributed by atoms with Gasteiger partial charge in [0, 0.05) is 44.2 Å². The summed E-state index contributed by atoms with van der Waals surface area (Å²) >= 11 is 0. The van der Waals surface area contributed by atoms with Gasteiger partial charge in [0.2, 0.25) is 21.8 Å². The number of fused-ring (bicyclic) bond motifs is 1. The minimum Gasteiger partial charge on any atom is -0.356 e.